The van der Waals surface area contributed by atoms with Crippen LogP contribution in [0, 0.1) is 11.3 Å². The van der Waals surface area contributed by atoms with Crippen molar-refractivity contribution in [3.05, 3.63) is 35.9 Å². The normalized spacial score (nSPS) is 17.2. The number of alkyl halides is 3. The Bertz CT molecular complexity index is 814. The molecule has 0 saturated carbocycles. The number of nitrogens with one attached hydrogen (secondary N) is 3. The van der Waals surface area contributed by atoms with Gasteiger partial charge in [0.25, 0.3) is 0 Å². The van der Waals surface area contributed by atoms with E-state index in [4.69, 9.17) is 10.00 Å². The van der Waals surface area contributed by atoms with Crippen molar-refractivity contribution in [1.29, 1.82) is 5.26 Å². The van der Waals surface area contributed by atoms with E-state index in [-0.39, 0.29) is 35.7 Å². The summed E-state index contributed by atoms with van der Waals surface area (Å²) in [4.78, 5) is 11.6. The van der Waals surface area contributed by atoms with Gasteiger partial charge >= 0.3 is 6.18 Å². The second-order valence-electron chi connectivity index (χ2n) is 5.71. The fourth-order valence-corrected chi connectivity index (χ4v) is 2.45. The van der Waals surface area contributed by atoms with Crippen molar-refractivity contribution >= 4 is 17.3 Å². The monoisotopic (exact) mass is 379 g/mol. The lowest BCUT2D eigenvalue weighted by Crippen LogP contribution is -2.42. The smallest absolute Gasteiger partial charge is 0.382 e. The minimum atomic E-state index is -4.55. The molecule has 11 heteroatoms. The predicted octanol–water partition coefficient (Wildman–Crippen LogP) is 1.91. The maximum Gasteiger partial charge on any atom is 0.419 e. The number of ether oxygens (including phenoxy) is 1. The van der Waals surface area contributed by atoms with Crippen LogP contribution in [0.3, 0.4) is 0 Å². The molecule has 1 fully saturated rings. The van der Waals surface area contributed by atoms with Gasteiger partial charge in [0.1, 0.15) is 17.7 Å². The molecule has 0 radical (unpaired) electrons. The first-order valence-electron chi connectivity index (χ1n) is 8.08. The number of pyridine rings is 1. The minimum absolute atomic E-state index is 0.115. The van der Waals surface area contributed by atoms with Crippen LogP contribution < -0.4 is 16.0 Å². The third kappa shape index (κ3) is 5.02. The molecule has 1 aliphatic rings. The van der Waals surface area contributed by atoms with Crippen molar-refractivity contribution in [3.63, 3.8) is 0 Å². The molecule has 0 aliphatic carbocycles. The molecule has 0 spiro atoms. The van der Waals surface area contributed by atoms with Crippen LogP contribution in [0.1, 0.15) is 11.3 Å². The van der Waals surface area contributed by atoms with E-state index in [1.807, 2.05) is 6.07 Å². The highest BCUT2D eigenvalue weighted by atomic mass is 19.4. The van der Waals surface area contributed by atoms with Crippen molar-refractivity contribution in [2.75, 3.05) is 36.9 Å². The van der Waals surface area contributed by atoms with E-state index in [1.165, 1.54) is 18.5 Å². The van der Waals surface area contributed by atoms with Gasteiger partial charge in [-0.15, -0.1) is 0 Å². The van der Waals surface area contributed by atoms with Crippen LogP contribution in [0.25, 0.3) is 0 Å². The molecule has 0 bridgehead atoms. The number of nitrogens with zero attached hydrogens (tertiary/aromatic N) is 4. The summed E-state index contributed by atoms with van der Waals surface area (Å²) in [6.07, 6.45) is -1.48. The maximum atomic E-state index is 13.3. The summed E-state index contributed by atoms with van der Waals surface area (Å²) in [5.41, 5.74) is -0.858. The Balaban J connectivity index is 1.77. The van der Waals surface area contributed by atoms with Gasteiger partial charge in [0.2, 0.25) is 0 Å². The Kier molecular flexibility index (Phi) is 5.68. The largest absolute Gasteiger partial charge is 0.419 e. The molecule has 0 unspecified atom stereocenters. The average molecular weight is 379 g/mol. The van der Waals surface area contributed by atoms with Crippen LogP contribution >= 0.6 is 0 Å². The molecule has 3 heterocycles. The van der Waals surface area contributed by atoms with Crippen LogP contribution in [-0.4, -0.2) is 47.3 Å². The molecule has 0 amide bonds. The van der Waals surface area contributed by atoms with E-state index >= 15 is 0 Å². The van der Waals surface area contributed by atoms with Crippen molar-refractivity contribution in [2.45, 2.75) is 12.3 Å². The van der Waals surface area contributed by atoms with Crippen molar-refractivity contribution in [2.24, 2.45) is 0 Å². The number of aromatic nitrogens is 3. The summed E-state index contributed by atoms with van der Waals surface area (Å²) < 4.78 is 45.3. The molecule has 1 atom stereocenters. The summed E-state index contributed by atoms with van der Waals surface area (Å²) in [7, 11) is 0. The van der Waals surface area contributed by atoms with E-state index in [9.17, 15) is 13.2 Å². The number of hydrogen-bond acceptors (Lipinski definition) is 8. The van der Waals surface area contributed by atoms with Crippen LogP contribution in [-0.2, 0) is 10.9 Å². The Hall–Kier alpha value is -2.97. The van der Waals surface area contributed by atoms with Gasteiger partial charge in [0.05, 0.1) is 36.4 Å². The zero-order valence-electron chi connectivity index (χ0n) is 14.0. The van der Waals surface area contributed by atoms with Gasteiger partial charge in [-0.05, 0) is 0 Å². The van der Waals surface area contributed by atoms with Crippen LogP contribution in [0.2, 0.25) is 0 Å². The second-order valence-corrected chi connectivity index (χ2v) is 5.71. The van der Waals surface area contributed by atoms with Crippen molar-refractivity contribution in [3.8, 4) is 6.07 Å². The first-order chi connectivity index (χ1) is 13.0. The van der Waals surface area contributed by atoms with Gasteiger partial charge in [-0.25, -0.2) is 15.0 Å². The molecule has 142 valence electrons. The van der Waals surface area contributed by atoms with Gasteiger partial charge in [0.15, 0.2) is 5.69 Å². The minimum Gasteiger partial charge on any atom is -0.382 e. The first-order valence-corrected chi connectivity index (χ1v) is 8.08. The quantitative estimate of drug-likeness (QED) is 0.723. The van der Waals surface area contributed by atoms with Gasteiger partial charge in [-0.2, -0.15) is 18.4 Å². The topological polar surface area (TPSA) is 108 Å². The van der Waals surface area contributed by atoms with E-state index < -0.39 is 11.7 Å². The van der Waals surface area contributed by atoms with Crippen molar-refractivity contribution in [1.82, 2.24) is 20.3 Å². The molecular weight excluding hydrogens is 363 g/mol. The number of rotatable bonds is 5. The standard InChI is InChI=1S/C16H16F3N7O/c17-16(18,19)12-8-25-14(26-15-9-22-10(4-20)5-24-15)3-13(12)23-7-11-6-21-1-2-27-11/h3,5,8-9,11,21H,1-2,6-7H2,(H2,23,24,25,26)/t11-/m0/s1. The van der Waals surface area contributed by atoms with E-state index in [2.05, 4.69) is 30.9 Å². The molecule has 8 nitrogen and oxygen atoms in total. The fraction of sp³-hybridized carbons (Fsp3) is 0.375. The first kappa shape index (κ1) is 18.8. The lowest BCUT2D eigenvalue weighted by atomic mass is 10.2. The summed E-state index contributed by atoms with van der Waals surface area (Å²) in [5, 5.41) is 17.4. The number of hydrogen-bond donors (Lipinski definition) is 3. The van der Waals surface area contributed by atoms with Crippen molar-refractivity contribution < 1.29 is 17.9 Å². The number of halogens is 3. The number of morpholine rings is 1. The molecular formula is C16H16F3N7O. The van der Waals surface area contributed by atoms with Crippen LogP contribution in [0.4, 0.5) is 30.5 Å². The Morgan fingerprint density at radius 2 is 2.04 bits per heavy atom. The Labute approximate surface area is 152 Å². The third-order valence-electron chi connectivity index (χ3n) is 3.76. The zero-order valence-corrected chi connectivity index (χ0v) is 14.0. The molecule has 27 heavy (non-hydrogen) atoms. The van der Waals surface area contributed by atoms with Gasteiger partial charge < -0.3 is 20.7 Å². The number of nitriles is 1. The predicted molar refractivity (Wildman–Crippen MR) is 90.4 cm³/mol. The lowest BCUT2D eigenvalue weighted by molar-refractivity contribution is -0.137. The highest BCUT2D eigenvalue weighted by Gasteiger charge is 2.34. The second kappa shape index (κ2) is 8.15. The molecule has 2 aromatic rings. The Morgan fingerprint density at radius 1 is 1.22 bits per heavy atom. The van der Waals surface area contributed by atoms with Gasteiger partial charge in [0, 0.05) is 31.9 Å². The average Bonchev–Trinajstić information content (AvgIpc) is 2.67. The molecule has 1 aliphatic heterocycles. The molecule has 3 N–H and O–H groups in total. The third-order valence-corrected chi connectivity index (χ3v) is 3.76. The lowest BCUT2D eigenvalue weighted by Gasteiger charge is -2.25. The van der Waals surface area contributed by atoms with E-state index in [1.54, 1.807) is 0 Å². The summed E-state index contributed by atoms with van der Waals surface area (Å²) in [6.45, 7) is 2.01. The number of anilines is 3. The maximum absolute atomic E-state index is 13.3. The molecule has 2 aromatic heterocycles. The highest BCUT2D eigenvalue weighted by Crippen LogP contribution is 2.35. The van der Waals surface area contributed by atoms with Crippen LogP contribution in [0.5, 0.6) is 0 Å². The van der Waals surface area contributed by atoms with E-state index in [0.717, 1.165) is 12.7 Å². The summed E-state index contributed by atoms with van der Waals surface area (Å²) in [6, 6.07) is 3.08. The van der Waals surface area contributed by atoms with Crippen LogP contribution in [0.15, 0.2) is 24.7 Å². The van der Waals surface area contributed by atoms with Gasteiger partial charge in [-0.1, -0.05) is 0 Å². The summed E-state index contributed by atoms with van der Waals surface area (Å²) >= 11 is 0. The SMILES string of the molecule is N#Cc1cnc(Nc2cc(NC[C@@H]3CNCCO3)c(C(F)(F)F)cn2)cn1. The van der Waals surface area contributed by atoms with Gasteiger partial charge in [-0.3, -0.25) is 0 Å². The molecule has 1 saturated heterocycles. The highest BCUT2D eigenvalue weighted by molar-refractivity contribution is 5.62. The zero-order chi connectivity index (χ0) is 19.3. The molecule has 0 aromatic carbocycles. The van der Waals surface area contributed by atoms with E-state index in [0.29, 0.717) is 13.2 Å². The summed E-state index contributed by atoms with van der Waals surface area (Å²) in [5.74, 6) is 0.416. The fourth-order valence-electron chi connectivity index (χ4n) is 2.45. The molecule has 3 rings (SSSR count). The Morgan fingerprint density at radius 3 is 2.67 bits per heavy atom.